The molecular formula is C8H14N2O2. The number of nitrogens with two attached hydrogens (primary N) is 1. The molecule has 2 heterocycles. The molecule has 2 unspecified atom stereocenters. The molecule has 4 nitrogen and oxygen atoms in total. The Labute approximate surface area is 71.7 Å². The Balaban J connectivity index is 1.89. The summed E-state index contributed by atoms with van der Waals surface area (Å²) in [6.45, 7) is 2.13. The summed E-state index contributed by atoms with van der Waals surface area (Å²) in [5.41, 5.74) is 5.11. The van der Waals surface area contributed by atoms with Gasteiger partial charge in [0.1, 0.15) is 0 Å². The van der Waals surface area contributed by atoms with E-state index in [0.717, 1.165) is 25.9 Å². The lowest BCUT2D eigenvalue weighted by molar-refractivity contribution is -0.121. The Morgan fingerprint density at radius 2 is 2.00 bits per heavy atom. The fourth-order valence-corrected chi connectivity index (χ4v) is 2.05. The average molecular weight is 170 g/mol. The van der Waals surface area contributed by atoms with E-state index in [-0.39, 0.29) is 5.91 Å². The largest absolute Gasteiger partial charge is 0.372 e. The van der Waals surface area contributed by atoms with Gasteiger partial charge < -0.3 is 10.5 Å². The summed E-state index contributed by atoms with van der Waals surface area (Å²) in [6, 6.07) is 0. The molecule has 2 aliphatic heterocycles. The van der Waals surface area contributed by atoms with Crippen molar-refractivity contribution in [2.75, 3.05) is 19.6 Å². The van der Waals surface area contributed by atoms with Gasteiger partial charge in [0.2, 0.25) is 5.91 Å². The summed E-state index contributed by atoms with van der Waals surface area (Å²) in [5, 5.41) is 0. The van der Waals surface area contributed by atoms with Crippen LogP contribution in [0.1, 0.15) is 12.8 Å². The first-order valence-corrected chi connectivity index (χ1v) is 4.40. The molecule has 0 aliphatic carbocycles. The van der Waals surface area contributed by atoms with Crippen LogP contribution in [-0.4, -0.2) is 42.6 Å². The molecule has 2 aliphatic rings. The van der Waals surface area contributed by atoms with Crippen molar-refractivity contribution in [2.24, 2.45) is 5.73 Å². The number of nitrogens with zero attached hydrogens (tertiary/aromatic N) is 1. The van der Waals surface area contributed by atoms with Gasteiger partial charge in [-0.15, -0.1) is 0 Å². The number of likely N-dealkylation sites (tertiary alicyclic amines) is 1. The normalized spacial score (nSPS) is 35.3. The van der Waals surface area contributed by atoms with Crippen LogP contribution in [0.5, 0.6) is 0 Å². The van der Waals surface area contributed by atoms with Crippen molar-refractivity contribution in [2.45, 2.75) is 25.0 Å². The fraction of sp³-hybridized carbons (Fsp3) is 0.875. The molecule has 4 heteroatoms. The maximum Gasteiger partial charge on any atom is 0.231 e. The number of rotatable bonds is 2. The van der Waals surface area contributed by atoms with E-state index >= 15 is 0 Å². The molecule has 0 aromatic rings. The maximum atomic E-state index is 10.6. The Kier molecular flexibility index (Phi) is 2.02. The molecule has 0 aromatic heterocycles. The predicted octanol–water partition coefficient (Wildman–Crippen LogP) is -0.665. The molecule has 2 rings (SSSR count). The Morgan fingerprint density at radius 1 is 1.42 bits per heavy atom. The van der Waals surface area contributed by atoms with E-state index in [1.807, 2.05) is 0 Å². The zero-order chi connectivity index (χ0) is 8.55. The van der Waals surface area contributed by atoms with Crippen LogP contribution in [0.25, 0.3) is 0 Å². The topological polar surface area (TPSA) is 55.6 Å². The van der Waals surface area contributed by atoms with Crippen LogP contribution < -0.4 is 5.73 Å². The van der Waals surface area contributed by atoms with Crippen molar-refractivity contribution in [3.8, 4) is 0 Å². The maximum absolute atomic E-state index is 10.6. The van der Waals surface area contributed by atoms with Crippen molar-refractivity contribution in [1.29, 1.82) is 0 Å². The van der Waals surface area contributed by atoms with Crippen LogP contribution in [0.4, 0.5) is 0 Å². The van der Waals surface area contributed by atoms with Gasteiger partial charge in [-0.3, -0.25) is 9.69 Å². The van der Waals surface area contributed by atoms with E-state index in [2.05, 4.69) is 4.90 Å². The smallest absolute Gasteiger partial charge is 0.231 e. The molecule has 2 saturated heterocycles. The summed E-state index contributed by atoms with van der Waals surface area (Å²) in [6.07, 6.45) is 2.98. The minimum atomic E-state index is -0.240. The third kappa shape index (κ3) is 1.59. The van der Waals surface area contributed by atoms with Crippen LogP contribution in [0.15, 0.2) is 0 Å². The van der Waals surface area contributed by atoms with Gasteiger partial charge >= 0.3 is 0 Å². The molecule has 0 spiro atoms. The zero-order valence-electron chi connectivity index (χ0n) is 7.03. The summed E-state index contributed by atoms with van der Waals surface area (Å²) in [7, 11) is 0. The van der Waals surface area contributed by atoms with Crippen LogP contribution in [0.2, 0.25) is 0 Å². The van der Waals surface area contributed by atoms with E-state index in [0.29, 0.717) is 18.8 Å². The summed E-state index contributed by atoms with van der Waals surface area (Å²) in [4.78, 5) is 12.7. The highest BCUT2D eigenvalue weighted by atomic mass is 16.5. The molecule has 12 heavy (non-hydrogen) atoms. The van der Waals surface area contributed by atoms with Crippen LogP contribution in [0, 0.1) is 0 Å². The molecule has 2 atom stereocenters. The van der Waals surface area contributed by atoms with E-state index in [1.165, 1.54) is 0 Å². The van der Waals surface area contributed by atoms with Gasteiger partial charge in [-0.1, -0.05) is 0 Å². The van der Waals surface area contributed by atoms with Crippen LogP contribution >= 0.6 is 0 Å². The minimum Gasteiger partial charge on any atom is -0.372 e. The monoisotopic (exact) mass is 170 g/mol. The summed E-state index contributed by atoms with van der Waals surface area (Å²) >= 11 is 0. The molecule has 0 aromatic carbocycles. The molecule has 0 saturated carbocycles. The van der Waals surface area contributed by atoms with Crippen molar-refractivity contribution in [3.63, 3.8) is 0 Å². The van der Waals surface area contributed by atoms with Gasteiger partial charge in [-0.25, -0.2) is 0 Å². The highest BCUT2D eigenvalue weighted by Gasteiger charge is 2.33. The fourth-order valence-electron chi connectivity index (χ4n) is 2.05. The van der Waals surface area contributed by atoms with Gasteiger partial charge in [-0.2, -0.15) is 0 Å². The van der Waals surface area contributed by atoms with Gasteiger partial charge in [0, 0.05) is 13.1 Å². The minimum absolute atomic E-state index is 0.240. The lowest BCUT2D eigenvalue weighted by Crippen LogP contribution is -2.46. The van der Waals surface area contributed by atoms with Crippen molar-refractivity contribution in [1.82, 2.24) is 4.90 Å². The lowest BCUT2D eigenvalue weighted by atomic mass is 10.2. The number of fused-ring (bicyclic) bond motifs is 2. The van der Waals surface area contributed by atoms with Crippen molar-refractivity contribution in [3.05, 3.63) is 0 Å². The molecule has 2 fully saturated rings. The summed E-state index contributed by atoms with van der Waals surface area (Å²) < 4.78 is 5.62. The highest BCUT2D eigenvalue weighted by molar-refractivity contribution is 5.75. The van der Waals surface area contributed by atoms with Crippen molar-refractivity contribution < 1.29 is 9.53 Å². The molecule has 1 amide bonds. The lowest BCUT2D eigenvalue weighted by Gasteiger charge is -2.30. The number of morpholine rings is 1. The van der Waals surface area contributed by atoms with E-state index in [9.17, 15) is 4.79 Å². The standard InChI is InChI=1S/C8H14N2O2/c9-8(11)5-10-3-6-1-2-7(4-10)12-6/h6-7H,1-5H2,(H2,9,11). The second-order valence-electron chi connectivity index (χ2n) is 3.62. The molecule has 0 radical (unpaired) electrons. The number of hydrogen-bond donors (Lipinski definition) is 1. The number of carbonyl (C=O) groups is 1. The van der Waals surface area contributed by atoms with E-state index in [4.69, 9.17) is 10.5 Å². The zero-order valence-corrected chi connectivity index (χ0v) is 7.03. The number of amides is 1. The predicted molar refractivity (Wildman–Crippen MR) is 43.5 cm³/mol. The van der Waals surface area contributed by atoms with E-state index < -0.39 is 0 Å². The molecular weight excluding hydrogens is 156 g/mol. The first-order valence-electron chi connectivity index (χ1n) is 4.40. The third-order valence-electron chi connectivity index (χ3n) is 2.50. The van der Waals surface area contributed by atoms with Gasteiger partial charge in [0.05, 0.1) is 18.8 Å². The second kappa shape index (κ2) is 3.03. The molecule has 68 valence electrons. The first-order chi connectivity index (χ1) is 5.74. The summed E-state index contributed by atoms with van der Waals surface area (Å²) in [5.74, 6) is -0.240. The molecule has 2 N–H and O–H groups in total. The Bertz CT molecular complexity index is 183. The van der Waals surface area contributed by atoms with Crippen molar-refractivity contribution >= 4 is 5.91 Å². The third-order valence-corrected chi connectivity index (χ3v) is 2.50. The highest BCUT2D eigenvalue weighted by Crippen LogP contribution is 2.25. The van der Waals surface area contributed by atoms with Crippen LogP contribution in [-0.2, 0) is 9.53 Å². The quantitative estimate of drug-likeness (QED) is 0.598. The number of carbonyl (C=O) groups excluding carboxylic acids is 1. The average Bonchev–Trinajstić information content (AvgIpc) is 2.29. The van der Waals surface area contributed by atoms with Crippen LogP contribution in [0.3, 0.4) is 0 Å². The first kappa shape index (κ1) is 8.01. The Morgan fingerprint density at radius 3 is 2.50 bits per heavy atom. The molecule has 2 bridgehead atoms. The second-order valence-corrected chi connectivity index (χ2v) is 3.62. The Hall–Kier alpha value is -0.610. The van der Waals surface area contributed by atoms with Gasteiger partial charge in [-0.05, 0) is 12.8 Å². The number of primary amides is 1. The number of ether oxygens (including phenoxy) is 1. The van der Waals surface area contributed by atoms with Gasteiger partial charge in [0.25, 0.3) is 0 Å². The SMILES string of the molecule is NC(=O)CN1CC2CCC(C1)O2. The van der Waals surface area contributed by atoms with Gasteiger partial charge in [0.15, 0.2) is 0 Å². The number of hydrogen-bond acceptors (Lipinski definition) is 3. The van der Waals surface area contributed by atoms with E-state index in [1.54, 1.807) is 0 Å².